The van der Waals surface area contributed by atoms with E-state index in [9.17, 15) is 4.79 Å². The number of pyridine rings is 1. The number of ether oxygens (including phenoxy) is 2. The second-order valence-corrected chi connectivity index (χ2v) is 6.07. The molecule has 2 aliphatic heterocycles. The van der Waals surface area contributed by atoms with Gasteiger partial charge in [-0.2, -0.15) is 0 Å². The molecule has 0 atom stereocenters. The summed E-state index contributed by atoms with van der Waals surface area (Å²) in [5.74, 6) is 2.62. The Morgan fingerprint density at radius 3 is 3.00 bits per heavy atom. The van der Waals surface area contributed by atoms with Crippen LogP contribution in [0, 0.1) is 0 Å². The molecule has 1 N–H and O–H groups in total. The number of hydrogen-bond donors (Lipinski definition) is 1. The molecule has 4 rings (SSSR count). The molecular weight excluding hydrogens is 344 g/mol. The smallest absolute Gasteiger partial charge is 0.191 e. The van der Waals surface area contributed by atoms with Crippen LogP contribution in [0.15, 0.2) is 53.5 Å². The lowest BCUT2D eigenvalue weighted by atomic mass is 10.1. The van der Waals surface area contributed by atoms with Crippen molar-refractivity contribution in [2.45, 2.75) is 6.92 Å². The van der Waals surface area contributed by atoms with Crippen molar-refractivity contribution in [3.63, 3.8) is 0 Å². The zero-order valence-corrected chi connectivity index (χ0v) is 15.2. The summed E-state index contributed by atoms with van der Waals surface area (Å²) in [6.45, 7) is 3.84. The fourth-order valence-electron chi connectivity index (χ4n) is 3.28. The first-order valence-electron chi connectivity index (χ1n) is 8.82. The van der Waals surface area contributed by atoms with Gasteiger partial charge in [0.2, 0.25) is 0 Å². The van der Waals surface area contributed by atoms with Gasteiger partial charge in [0.25, 0.3) is 0 Å². The van der Waals surface area contributed by atoms with Crippen molar-refractivity contribution in [2.75, 3.05) is 32.1 Å². The fourth-order valence-corrected chi connectivity index (χ4v) is 3.28. The molecular formula is C20H20N4O3. The molecule has 0 amide bonds. The summed E-state index contributed by atoms with van der Waals surface area (Å²) >= 11 is 0. The summed E-state index contributed by atoms with van der Waals surface area (Å²) in [4.78, 5) is 23.3. The van der Waals surface area contributed by atoms with Crippen LogP contribution >= 0.6 is 0 Å². The van der Waals surface area contributed by atoms with Gasteiger partial charge in [-0.3, -0.25) is 14.8 Å². The predicted molar refractivity (Wildman–Crippen MR) is 103 cm³/mol. The molecule has 138 valence electrons. The number of methoxy groups -OCH3 is 1. The standard InChI is InChI=1S/C20H20N4O3/c1-3-27-16-7-6-14-18(19(16)26-2)23-17(24-10-9-22-20(14)24)11-15(25)13-5-4-8-21-12-13/h4-8,11-12,23H,3,9-10H2,1-2H3/b17-11+. The normalized spacial score (nSPS) is 16.3. The van der Waals surface area contributed by atoms with E-state index in [1.165, 1.54) is 0 Å². The van der Waals surface area contributed by atoms with Crippen LogP contribution in [0.4, 0.5) is 5.69 Å². The number of rotatable bonds is 5. The van der Waals surface area contributed by atoms with E-state index in [1.807, 2.05) is 24.0 Å². The Bertz CT molecular complexity index is 938. The molecule has 27 heavy (non-hydrogen) atoms. The molecule has 0 aliphatic carbocycles. The molecule has 2 aliphatic rings. The molecule has 1 aromatic heterocycles. The van der Waals surface area contributed by atoms with E-state index in [4.69, 9.17) is 9.47 Å². The number of fused-ring (bicyclic) bond motifs is 3. The first-order valence-corrected chi connectivity index (χ1v) is 8.82. The summed E-state index contributed by atoms with van der Waals surface area (Å²) in [5, 5.41) is 3.35. The van der Waals surface area contributed by atoms with Crippen LogP contribution in [0.1, 0.15) is 22.8 Å². The minimum absolute atomic E-state index is 0.125. The number of aliphatic imine (C=N–C) groups is 1. The Morgan fingerprint density at radius 2 is 2.26 bits per heavy atom. The molecule has 0 bridgehead atoms. The molecule has 0 saturated carbocycles. The third-order valence-electron chi connectivity index (χ3n) is 4.47. The SMILES string of the molecule is CCOc1ccc2c(c1OC)N/C(=C\C(=O)c1cccnc1)N1CCN=C21. The molecule has 7 heteroatoms. The van der Waals surface area contributed by atoms with Gasteiger partial charge in [-0.05, 0) is 31.2 Å². The van der Waals surface area contributed by atoms with Gasteiger partial charge in [0.15, 0.2) is 17.3 Å². The average molecular weight is 364 g/mol. The van der Waals surface area contributed by atoms with E-state index in [2.05, 4.69) is 15.3 Å². The lowest BCUT2D eigenvalue weighted by Crippen LogP contribution is -2.36. The predicted octanol–water partition coefficient (Wildman–Crippen LogP) is 2.70. The Hall–Kier alpha value is -3.35. The van der Waals surface area contributed by atoms with Crippen molar-refractivity contribution in [2.24, 2.45) is 4.99 Å². The first kappa shape index (κ1) is 17.1. The van der Waals surface area contributed by atoms with Crippen LogP contribution in [0.5, 0.6) is 11.5 Å². The van der Waals surface area contributed by atoms with E-state index in [0.717, 1.165) is 17.1 Å². The maximum atomic E-state index is 12.7. The van der Waals surface area contributed by atoms with Crippen LogP contribution in [-0.4, -0.2) is 48.3 Å². The second kappa shape index (κ2) is 7.11. The highest BCUT2D eigenvalue weighted by Gasteiger charge is 2.32. The number of ketones is 1. The molecule has 0 spiro atoms. The Balaban J connectivity index is 1.78. The highest BCUT2D eigenvalue weighted by molar-refractivity contribution is 6.11. The molecule has 0 radical (unpaired) electrons. The zero-order chi connectivity index (χ0) is 18.8. The largest absolute Gasteiger partial charge is 0.491 e. The van der Waals surface area contributed by atoms with Gasteiger partial charge in [0.1, 0.15) is 11.7 Å². The number of benzene rings is 1. The van der Waals surface area contributed by atoms with E-state index < -0.39 is 0 Å². The van der Waals surface area contributed by atoms with Gasteiger partial charge < -0.3 is 19.7 Å². The second-order valence-electron chi connectivity index (χ2n) is 6.07. The van der Waals surface area contributed by atoms with Crippen LogP contribution in [0.3, 0.4) is 0 Å². The van der Waals surface area contributed by atoms with Crippen LogP contribution < -0.4 is 14.8 Å². The molecule has 0 saturated heterocycles. The fraction of sp³-hybridized carbons (Fsp3) is 0.250. The van der Waals surface area contributed by atoms with Gasteiger partial charge >= 0.3 is 0 Å². The summed E-state index contributed by atoms with van der Waals surface area (Å²) < 4.78 is 11.3. The van der Waals surface area contributed by atoms with Crippen LogP contribution in [0.2, 0.25) is 0 Å². The number of carbonyl (C=O) groups excluding carboxylic acids is 1. The van der Waals surface area contributed by atoms with Gasteiger partial charge in [0, 0.05) is 36.1 Å². The maximum Gasteiger partial charge on any atom is 0.191 e. The summed E-state index contributed by atoms with van der Waals surface area (Å²) in [5.41, 5.74) is 2.22. The number of aromatic nitrogens is 1. The number of anilines is 1. The number of hydrogen-bond acceptors (Lipinski definition) is 7. The number of nitrogens with zero attached hydrogens (tertiary/aromatic N) is 3. The summed E-state index contributed by atoms with van der Waals surface area (Å²) in [6, 6.07) is 7.34. The monoisotopic (exact) mass is 364 g/mol. The Labute approximate surface area is 157 Å². The number of carbonyl (C=O) groups is 1. The Morgan fingerprint density at radius 1 is 1.37 bits per heavy atom. The van der Waals surface area contributed by atoms with Crippen LogP contribution in [0.25, 0.3) is 0 Å². The topological polar surface area (TPSA) is 76.1 Å². The average Bonchev–Trinajstić information content (AvgIpc) is 3.19. The highest BCUT2D eigenvalue weighted by Crippen LogP contribution is 2.42. The van der Waals surface area contributed by atoms with Crippen molar-refractivity contribution in [3.8, 4) is 11.5 Å². The van der Waals surface area contributed by atoms with Crippen molar-refractivity contribution in [1.29, 1.82) is 0 Å². The molecule has 3 heterocycles. The van der Waals surface area contributed by atoms with Crippen molar-refractivity contribution in [1.82, 2.24) is 9.88 Å². The molecule has 0 fully saturated rings. The summed E-state index contributed by atoms with van der Waals surface area (Å²) in [6.07, 6.45) is 4.78. The zero-order valence-electron chi connectivity index (χ0n) is 15.2. The highest BCUT2D eigenvalue weighted by atomic mass is 16.5. The van der Waals surface area contributed by atoms with Crippen molar-refractivity contribution >= 4 is 17.3 Å². The van der Waals surface area contributed by atoms with E-state index in [1.54, 1.807) is 37.7 Å². The lowest BCUT2D eigenvalue weighted by Gasteiger charge is -2.32. The van der Waals surface area contributed by atoms with Gasteiger partial charge in [-0.1, -0.05) is 0 Å². The number of amidine groups is 1. The molecule has 2 aromatic rings. The molecule has 7 nitrogen and oxygen atoms in total. The van der Waals surface area contributed by atoms with Crippen molar-refractivity contribution in [3.05, 3.63) is 59.7 Å². The summed E-state index contributed by atoms with van der Waals surface area (Å²) in [7, 11) is 1.60. The quantitative estimate of drug-likeness (QED) is 0.649. The number of nitrogens with one attached hydrogen (secondary N) is 1. The van der Waals surface area contributed by atoms with E-state index in [-0.39, 0.29) is 5.78 Å². The molecule has 0 unspecified atom stereocenters. The minimum atomic E-state index is -0.125. The van der Waals surface area contributed by atoms with E-state index in [0.29, 0.717) is 42.6 Å². The maximum absolute atomic E-state index is 12.7. The minimum Gasteiger partial charge on any atom is -0.491 e. The first-order chi connectivity index (χ1) is 13.2. The van der Waals surface area contributed by atoms with E-state index >= 15 is 0 Å². The van der Waals surface area contributed by atoms with Gasteiger partial charge in [-0.25, -0.2) is 0 Å². The van der Waals surface area contributed by atoms with Crippen LogP contribution in [-0.2, 0) is 0 Å². The van der Waals surface area contributed by atoms with Crippen molar-refractivity contribution < 1.29 is 14.3 Å². The molecule has 1 aromatic carbocycles. The number of allylic oxidation sites excluding steroid dienone is 1. The third kappa shape index (κ3) is 3.01. The third-order valence-corrected chi connectivity index (χ3v) is 4.47. The lowest BCUT2D eigenvalue weighted by molar-refractivity contribution is 0.104. The Kier molecular flexibility index (Phi) is 4.50. The van der Waals surface area contributed by atoms with Gasteiger partial charge in [0.05, 0.1) is 25.9 Å². The van der Waals surface area contributed by atoms with Gasteiger partial charge in [-0.15, -0.1) is 0 Å².